The number of hydrogen-bond donors (Lipinski definition) is 1. The number of nitrogens with zero attached hydrogens (tertiary/aromatic N) is 3. The maximum absolute atomic E-state index is 12.2. The molecule has 0 unspecified atom stereocenters. The molecule has 1 aromatic carbocycles. The van der Waals surface area contributed by atoms with Crippen LogP contribution in [0.3, 0.4) is 0 Å². The van der Waals surface area contributed by atoms with Crippen LogP contribution < -0.4 is 5.32 Å². The van der Waals surface area contributed by atoms with Gasteiger partial charge in [-0.2, -0.15) is 5.10 Å². The van der Waals surface area contributed by atoms with E-state index in [0.29, 0.717) is 17.3 Å². The average molecular weight is 358 g/mol. The van der Waals surface area contributed by atoms with Gasteiger partial charge in [-0.3, -0.25) is 19.3 Å². The Morgan fingerprint density at radius 1 is 1.15 bits per heavy atom. The quantitative estimate of drug-likeness (QED) is 0.538. The third-order valence-electron chi connectivity index (χ3n) is 4.41. The minimum Gasteiger partial charge on any atom is -0.323 e. The fourth-order valence-corrected chi connectivity index (χ4v) is 2.81. The molecule has 1 amide bonds. The molecule has 27 heavy (non-hydrogen) atoms. The summed E-state index contributed by atoms with van der Waals surface area (Å²) in [6, 6.07) is 9.14. The number of pyridine rings is 1. The number of benzene rings is 1. The lowest BCUT2D eigenvalue weighted by molar-refractivity contribution is -0.111. The highest BCUT2D eigenvalue weighted by molar-refractivity contribution is 6.02. The Balaban J connectivity index is 1.49. The summed E-state index contributed by atoms with van der Waals surface area (Å²) in [5, 5.41) is 7.20. The number of rotatable bonds is 6. The fourth-order valence-electron chi connectivity index (χ4n) is 2.81. The van der Waals surface area contributed by atoms with Gasteiger partial charge in [0.1, 0.15) is 6.29 Å². The molecule has 0 saturated heterocycles. The molecule has 6 heteroatoms. The van der Waals surface area contributed by atoms with Crippen molar-refractivity contribution in [3.8, 4) is 11.1 Å². The minimum atomic E-state index is -0.252. The molecule has 1 aliphatic carbocycles. The monoisotopic (exact) mass is 358 g/mol. The molecule has 1 N–H and O–H groups in total. The van der Waals surface area contributed by atoms with E-state index in [-0.39, 0.29) is 5.91 Å². The van der Waals surface area contributed by atoms with Gasteiger partial charge in [-0.25, -0.2) is 0 Å². The molecule has 2 heterocycles. The van der Waals surface area contributed by atoms with Crippen LogP contribution in [-0.2, 0) is 4.79 Å². The van der Waals surface area contributed by atoms with Crippen molar-refractivity contribution in [2.24, 2.45) is 0 Å². The van der Waals surface area contributed by atoms with E-state index >= 15 is 0 Å². The van der Waals surface area contributed by atoms with Gasteiger partial charge in [0, 0.05) is 47.0 Å². The Morgan fingerprint density at radius 2 is 1.96 bits per heavy atom. The third kappa shape index (κ3) is 4.00. The summed E-state index contributed by atoms with van der Waals surface area (Å²) in [6.45, 7) is 0. The van der Waals surface area contributed by atoms with E-state index in [4.69, 9.17) is 0 Å². The smallest absolute Gasteiger partial charge is 0.248 e. The van der Waals surface area contributed by atoms with E-state index in [0.717, 1.165) is 23.0 Å². The first-order valence-electron chi connectivity index (χ1n) is 8.76. The van der Waals surface area contributed by atoms with Crippen LogP contribution in [0.1, 0.15) is 34.8 Å². The van der Waals surface area contributed by atoms with E-state index in [1.165, 1.54) is 18.9 Å². The van der Waals surface area contributed by atoms with Crippen molar-refractivity contribution in [3.05, 3.63) is 72.3 Å². The molecule has 0 aliphatic heterocycles. The van der Waals surface area contributed by atoms with Crippen LogP contribution in [0.5, 0.6) is 0 Å². The van der Waals surface area contributed by atoms with E-state index in [1.807, 2.05) is 23.1 Å². The van der Waals surface area contributed by atoms with Crippen LogP contribution in [0, 0.1) is 0 Å². The SMILES string of the molecule is O=Cc1ccc(NC(=O)C=Cc2cnccc2-c2cnn(C3CC3)c2)cc1. The number of nitrogens with one attached hydrogen (secondary N) is 1. The van der Waals surface area contributed by atoms with Crippen molar-refractivity contribution in [1.82, 2.24) is 14.8 Å². The number of hydrogen-bond acceptors (Lipinski definition) is 4. The second-order valence-corrected chi connectivity index (χ2v) is 6.47. The number of carbonyl (C=O) groups excluding carboxylic acids is 2. The van der Waals surface area contributed by atoms with Gasteiger partial charge < -0.3 is 5.32 Å². The molecule has 2 aromatic heterocycles. The molecule has 0 spiro atoms. The Labute approximate surface area is 156 Å². The van der Waals surface area contributed by atoms with Gasteiger partial charge in [-0.05, 0) is 54.8 Å². The number of amides is 1. The lowest BCUT2D eigenvalue weighted by atomic mass is 10.0. The van der Waals surface area contributed by atoms with Crippen LogP contribution in [0.25, 0.3) is 17.2 Å². The maximum Gasteiger partial charge on any atom is 0.248 e. The number of aromatic nitrogens is 3. The standard InChI is InChI=1S/C21H18N4O2/c26-14-15-1-4-18(5-2-15)24-21(27)8-3-16-11-22-10-9-20(16)17-12-23-25(13-17)19-6-7-19/h1-5,8-14,19H,6-7H2,(H,24,27). The Kier molecular flexibility index (Phi) is 4.61. The molecular formula is C21H18N4O2. The van der Waals surface area contributed by atoms with Gasteiger partial charge >= 0.3 is 0 Å². The summed E-state index contributed by atoms with van der Waals surface area (Å²) >= 11 is 0. The zero-order chi connectivity index (χ0) is 18.6. The van der Waals surface area contributed by atoms with Crippen LogP contribution in [0.4, 0.5) is 5.69 Å². The van der Waals surface area contributed by atoms with Crippen LogP contribution in [0.15, 0.2) is 61.2 Å². The van der Waals surface area contributed by atoms with Gasteiger partial charge in [0.15, 0.2) is 0 Å². The van der Waals surface area contributed by atoms with Crippen molar-refractivity contribution < 1.29 is 9.59 Å². The number of anilines is 1. The molecular weight excluding hydrogens is 340 g/mol. The summed E-state index contributed by atoms with van der Waals surface area (Å²) in [5.41, 5.74) is 4.03. The molecule has 3 aromatic rings. The summed E-state index contributed by atoms with van der Waals surface area (Å²) < 4.78 is 2.00. The van der Waals surface area contributed by atoms with E-state index in [2.05, 4.69) is 15.4 Å². The molecule has 134 valence electrons. The van der Waals surface area contributed by atoms with Gasteiger partial charge in [0.2, 0.25) is 5.91 Å². The Hall–Kier alpha value is -3.54. The highest BCUT2D eigenvalue weighted by atomic mass is 16.1. The molecule has 1 fully saturated rings. The first kappa shape index (κ1) is 16.9. The van der Waals surface area contributed by atoms with Crippen LogP contribution >= 0.6 is 0 Å². The second kappa shape index (κ2) is 7.37. The molecule has 1 aliphatic rings. The first-order chi connectivity index (χ1) is 13.2. The second-order valence-electron chi connectivity index (χ2n) is 6.47. The molecule has 1 saturated carbocycles. The zero-order valence-electron chi connectivity index (χ0n) is 14.6. The summed E-state index contributed by atoms with van der Waals surface area (Å²) in [5.74, 6) is -0.252. The topological polar surface area (TPSA) is 76.9 Å². The van der Waals surface area contributed by atoms with Crippen LogP contribution in [-0.4, -0.2) is 27.0 Å². The number of aldehydes is 1. The Bertz CT molecular complexity index is 1000. The minimum absolute atomic E-state index is 0.252. The molecule has 0 bridgehead atoms. The Morgan fingerprint density at radius 3 is 2.70 bits per heavy atom. The highest BCUT2D eigenvalue weighted by Crippen LogP contribution is 2.35. The lowest BCUT2D eigenvalue weighted by Gasteiger charge is -2.04. The third-order valence-corrected chi connectivity index (χ3v) is 4.41. The molecule has 4 rings (SSSR count). The van der Waals surface area contributed by atoms with Gasteiger partial charge in [0.05, 0.1) is 12.2 Å². The summed E-state index contributed by atoms with van der Waals surface area (Å²) in [4.78, 5) is 27.0. The van der Waals surface area contributed by atoms with Crippen molar-refractivity contribution in [1.29, 1.82) is 0 Å². The molecule has 0 radical (unpaired) electrons. The first-order valence-corrected chi connectivity index (χ1v) is 8.76. The van der Waals surface area contributed by atoms with Crippen molar-refractivity contribution in [2.75, 3.05) is 5.32 Å². The van der Waals surface area contributed by atoms with Gasteiger partial charge in [0.25, 0.3) is 0 Å². The zero-order valence-corrected chi connectivity index (χ0v) is 14.6. The largest absolute Gasteiger partial charge is 0.323 e. The fraction of sp³-hybridized carbons (Fsp3) is 0.143. The number of carbonyl (C=O) groups is 2. The lowest BCUT2D eigenvalue weighted by Crippen LogP contribution is -2.07. The molecule has 6 nitrogen and oxygen atoms in total. The predicted molar refractivity (Wildman–Crippen MR) is 103 cm³/mol. The average Bonchev–Trinajstić information content (AvgIpc) is 3.44. The van der Waals surface area contributed by atoms with E-state index in [9.17, 15) is 9.59 Å². The maximum atomic E-state index is 12.2. The highest BCUT2D eigenvalue weighted by Gasteiger charge is 2.24. The van der Waals surface area contributed by atoms with Crippen LogP contribution in [0.2, 0.25) is 0 Å². The molecule has 0 atom stereocenters. The summed E-state index contributed by atoms with van der Waals surface area (Å²) in [6.07, 6.45) is 13.7. The van der Waals surface area contributed by atoms with Crippen molar-refractivity contribution >= 4 is 24.0 Å². The van der Waals surface area contributed by atoms with Gasteiger partial charge in [-0.15, -0.1) is 0 Å². The van der Waals surface area contributed by atoms with Crippen molar-refractivity contribution in [2.45, 2.75) is 18.9 Å². The normalized spacial score (nSPS) is 13.6. The summed E-state index contributed by atoms with van der Waals surface area (Å²) in [7, 11) is 0. The van der Waals surface area contributed by atoms with E-state index in [1.54, 1.807) is 42.7 Å². The van der Waals surface area contributed by atoms with E-state index < -0.39 is 0 Å². The van der Waals surface area contributed by atoms with Crippen molar-refractivity contribution in [3.63, 3.8) is 0 Å². The van der Waals surface area contributed by atoms with Gasteiger partial charge in [-0.1, -0.05) is 0 Å². The predicted octanol–water partition coefficient (Wildman–Crippen LogP) is 3.74.